The van der Waals surface area contributed by atoms with Crippen LogP contribution in [0.1, 0.15) is 35.3 Å². The van der Waals surface area contributed by atoms with Gasteiger partial charge >= 0.3 is 0 Å². The van der Waals surface area contributed by atoms with Crippen molar-refractivity contribution in [1.29, 1.82) is 0 Å². The lowest BCUT2D eigenvalue weighted by Crippen LogP contribution is -2.35. The Kier molecular flexibility index (Phi) is 4.75. The van der Waals surface area contributed by atoms with Crippen molar-refractivity contribution < 1.29 is 4.79 Å². The van der Waals surface area contributed by atoms with Gasteiger partial charge < -0.3 is 5.32 Å². The highest BCUT2D eigenvalue weighted by molar-refractivity contribution is 9.09. The number of amides is 1. The summed E-state index contributed by atoms with van der Waals surface area (Å²) in [5.74, 6) is 0.0141. The summed E-state index contributed by atoms with van der Waals surface area (Å²) in [5, 5.41) is 3.86. The first-order valence-electron chi connectivity index (χ1n) is 5.77. The molecule has 0 aliphatic carbocycles. The van der Waals surface area contributed by atoms with E-state index in [0.717, 1.165) is 22.0 Å². The minimum atomic E-state index is 0.0141. The van der Waals surface area contributed by atoms with E-state index in [1.165, 1.54) is 0 Å². The van der Waals surface area contributed by atoms with Gasteiger partial charge in [-0.2, -0.15) is 0 Å². The molecule has 0 aromatic heterocycles. The van der Waals surface area contributed by atoms with E-state index in [2.05, 4.69) is 35.1 Å². The van der Waals surface area contributed by atoms with Crippen LogP contribution < -0.4 is 5.32 Å². The van der Waals surface area contributed by atoms with Crippen LogP contribution in [0, 0.1) is 19.3 Å². The molecule has 0 atom stereocenters. The molecular formula is C14H20BrNO. The van der Waals surface area contributed by atoms with E-state index in [9.17, 15) is 4.79 Å². The maximum Gasteiger partial charge on any atom is 0.251 e. The van der Waals surface area contributed by atoms with Crippen molar-refractivity contribution >= 4 is 21.8 Å². The third kappa shape index (κ3) is 4.15. The molecule has 1 rings (SSSR count). The molecule has 0 spiro atoms. The Labute approximate surface area is 112 Å². The Morgan fingerprint density at radius 1 is 1.35 bits per heavy atom. The molecule has 3 heteroatoms. The second kappa shape index (κ2) is 5.67. The molecule has 17 heavy (non-hydrogen) atoms. The highest BCUT2D eigenvalue weighted by Gasteiger charge is 2.18. The molecule has 0 saturated heterocycles. The fraction of sp³-hybridized carbons (Fsp3) is 0.500. The normalized spacial score (nSPS) is 11.4. The zero-order chi connectivity index (χ0) is 13.1. The summed E-state index contributed by atoms with van der Waals surface area (Å²) < 4.78 is 0. The summed E-state index contributed by atoms with van der Waals surface area (Å²) in [4.78, 5) is 12.1. The number of alkyl halides is 1. The van der Waals surface area contributed by atoms with Gasteiger partial charge in [-0.25, -0.2) is 0 Å². The van der Waals surface area contributed by atoms with Crippen LogP contribution in [0.5, 0.6) is 0 Å². The Balaban J connectivity index is 2.74. The minimum absolute atomic E-state index is 0.0141. The Bertz CT molecular complexity index is 413. The zero-order valence-corrected chi connectivity index (χ0v) is 12.5. The van der Waals surface area contributed by atoms with Crippen LogP contribution in [0.25, 0.3) is 0 Å². The lowest BCUT2D eigenvalue weighted by atomic mass is 9.96. The van der Waals surface area contributed by atoms with E-state index in [0.29, 0.717) is 6.54 Å². The Morgan fingerprint density at radius 3 is 2.59 bits per heavy atom. The van der Waals surface area contributed by atoms with Crippen molar-refractivity contribution in [3.05, 3.63) is 34.9 Å². The lowest BCUT2D eigenvalue weighted by molar-refractivity contribution is 0.0939. The highest BCUT2D eigenvalue weighted by atomic mass is 79.9. The predicted octanol–water partition coefficient (Wildman–Crippen LogP) is 3.45. The molecule has 0 radical (unpaired) electrons. The first-order chi connectivity index (χ1) is 7.85. The first kappa shape index (κ1) is 14.2. The van der Waals surface area contributed by atoms with Crippen LogP contribution in [-0.2, 0) is 0 Å². The molecule has 0 bridgehead atoms. The number of rotatable bonds is 4. The second-order valence-corrected chi connectivity index (χ2v) is 5.86. The van der Waals surface area contributed by atoms with Gasteiger partial charge in [0, 0.05) is 17.4 Å². The average Bonchev–Trinajstić information content (AvgIpc) is 2.29. The molecule has 0 fully saturated rings. The van der Waals surface area contributed by atoms with Crippen molar-refractivity contribution in [2.75, 3.05) is 11.9 Å². The van der Waals surface area contributed by atoms with Crippen LogP contribution in [0.4, 0.5) is 0 Å². The summed E-state index contributed by atoms with van der Waals surface area (Å²) in [7, 11) is 0. The van der Waals surface area contributed by atoms with Crippen LogP contribution >= 0.6 is 15.9 Å². The molecule has 94 valence electrons. The number of carbonyl (C=O) groups excluding carboxylic acids is 1. The van der Waals surface area contributed by atoms with Crippen molar-refractivity contribution in [2.24, 2.45) is 5.41 Å². The molecule has 1 amide bonds. The molecular weight excluding hydrogens is 278 g/mol. The number of halogens is 1. The standard InChI is InChI=1S/C14H20BrNO/c1-10-5-6-11(2)12(7-10)13(17)16-9-14(3,4)8-15/h5-7H,8-9H2,1-4H3,(H,16,17). The molecule has 0 unspecified atom stereocenters. The van der Waals surface area contributed by atoms with Gasteiger partial charge in [-0.05, 0) is 30.9 Å². The molecule has 0 heterocycles. The fourth-order valence-corrected chi connectivity index (χ4v) is 1.64. The topological polar surface area (TPSA) is 29.1 Å². The number of hydrogen-bond donors (Lipinski definition) is 1. The van der Waals surface area contributed by atoms with E-state index >= 15 is 0 Å². The van der Waals surface area contributed by atoms with Gasteiger partial charge in [0.1, 0.15) is 0 Å². The minimum Gasteiger partial charge on any atom is -0.351 e. The van der Waals surface area contributed by atoms with Gasteiger partial charge in [0.15, 0.2) is 0 Å². The highest BCUT2D eigenvalue weighted by Crippen LogP contribution is 2.17. The first-order valence-corrected chi connectivity index (χ1v) is 6.89. The molecule has 1 aromatic rings. The van der Waals surface area contributed by atoms with E-state index in [1.54, 1.807) is 0 Å². The SMILES string of the molecule is Cc1ccc(C)c(C(=O)NCC(C)(C)CBr)c1. The second-order valence-electron chi connectivity index (χ2n) is 5.30. The lowest BCUT2D eigenvalue weighted by Gasteiger charge is -2.22. The molecule has 0 aliphatic heterocycles. The number of aryl methyl sites for hydroxylation is 2. The molecule has 0 aliphatic rings. The number of carbonyl (C=O) groups is 1. The van der Waals surface area contributed by atoms with Gasteiger partial charge in [0.05, 0.1) is 0 Å². The summed E-state index contributed by atoms with van der Waals surface area (Å²) in [6, 6.07) is 5.94. The van der Waals surface area contributed by atoms with E-state index in [-0.39, 0.29) is 11.3 Å². The molecule has 0 saturated carbocycles. The maximum atomic E-state index is 12.1. The van der Waals surface area contributed by atoms with E-state index < -0.39 is 0 Å². The molecule has 1 N–H and O–H groups in total. The van der Waals surface area contributed by atoms with E-state index in [4.69, 9.17) is 0 Å². The van der Waals surface area contributed by atoms with Gasteiger partial charge in [-0.15, -0.1) is 0 Å². The quantitative estimate of drug-likeness (QED) is 0.848. The van der Waals surface area contributed by atoms with Crippen LogP contribution in [-0.4, -0.2) is 17.8 Å². The summed E-state index contributed by atoms with van der Waals surface area (Å²) in [5.41, 5.74) is 2.98. The van der Waals surface area contributed by atoms with Crippen molar-refractivity contribution in [3.8, 4) is 0 Å². The van der Waals surface area contributed by atoms with Crippen LogP contribution in [0.3, 0.4) is 0 Å². The Hall–Kier alpha value is -0.830. The fourth-order valence-electron chi connectivity index (χ4n) is 1.44. The largest absolute Gasteiger partial charge is 0.351 e. The summed E-state index contributed by atoms with van der Waals surface area (Å²) in [6.07, 6.45) is 0. The van der Waals surface area contributed by atoms with Gasteiger partial charge in [0.2, 0.25) is 0 Å². The van der Waals surface area contributed by atoms with Gasteiger partial charge in [-0.3, -0.25) is 4.79 Å². The molecule has 2 nitrogen and oxygen atoms in total. The summed E-state index contributed by atoms with van der Waals surface area (Å²) in [6.45, 7) is 8.86. The number of benzene rings is 1. The zero-order valence-electron chi connectivity index (χ0n) is 10.9. The van der Waals surface area contributed by atoms with Gasteiger partial charge in [-0.1, -0.05) is 47.5 Å². The predicted molar refractivity (Wildman–Crippen MR) is 75.8 cm³/mol. The third-order valence-electron chi connectivity index (χ3n) is 2.73. The number of nitrogens with one attached hydrogen (secondary N) is 1. The van der Waals surface area contributed by atoms with E-state index in [1.807, 2.05) is 32.0 Å². The average molecular weight is 298 g/mol. The molecule has 1 aromatic carbocycles. The van der Waals surface area contributed by atoms with Crippen LogP contribution in [0.2, 0.25) is 0 Å². The maximum absolute atomic E-state index is 12.1. The summed E-state index contributed by atoms with van der Waals surface area (Å²) >= 11 is 3.45. The van der Waals surface area contributed by atoms with Crippen molar-refractivity contribution in [2.45, 2.75) is 27.7 Å². The monoisotopic (exact) mass is 297 g/mol. The Morgan fingerprint density at radius 2 is 2.00 bits per heavy atom. The third-order valence-corrected chi connectivity index (χ3v) is 4.24. The van der Waals surface area contributed by atoms with Gasteiger partial charge in [0.25, 0.3) is 5.91 Å². The smallest absolute Gasteiger partial charge is 0.251 e. The van der Waals surface area contributed by atoms with Crippen LogP contribution in [0.15, 0.2) is 18.2 Å². The van der Waals surface area contributed by atoms with Crippen molar-refractivity contribution in [1.82, 2.24) is 5.32 Å². The van der Waals surface area contributed by atoms with Crippen molar-refractivity contribution in [3.63, 3.8) is 0 Å². The number of hydrogen-bond acceptors (Lipinski definition) is 1.